The Morgan fingerprint density at radius 2 is 1.64 bits per heavy atom. The minimum atomic E-state index is -0.207. The van der Waals surface area contributed by atoms with E-state index in [0.29, 0.717) is 43.9 Å². The fourth-order valence-electron chi connectivity index (χ4n) is 4.78. The van der Waals surface area contributed by atoms with E-state index in [4.69, 9.17) is 4.74 Å². The van der Waals surface area contributed by atoms with Crippen molar-refractivity contribution in [1.82, 2.24) is 15.1 Å². The first-order valence-corrected chi connectivity index (χ1v) is 11.7. The number of hydrogen-bond donors (Lipinski definition) is 1. The number of carbonyl (C=O) groups is 3. The van der Waals surface area contributed by atoms with Crippen LogP contribution in [-0.4, -0.2) is 66.3 Å². The molecule has 2 unspecified atom stereocenters. The SMILES string of the molecule is O=C1NCCN(C(=O)COc2ccccc2)CCCN(C(=O)c2ccccc2)C2CCCC12. The van der Waals surface area contributed by atoms with Crippen LogP contribution in [-0.2, 0) is 9.59 Å². The predicted molar refractivity (Wildman–Crippen MR) is 125 cm³/mol. The first-order chi connectivity index (χ1) is 16.1. The Bertz CT molecular complexity index is 951. The lowest BCUT2D eigenvalue weighted by molar-refractivity contribution is -0.134. The van der Waals surface area contributed by atoms with Crippen molar-refractivity contribution in [3.05, 3.63) is 66.2 Å². The second kappa shape index (κ2) is 11.0. The van der Waals surface area contributed by atoms with Gasteiger partial charge < -0.3 is 19.9 Å². The summed E-state index contributed by atoms with van der Waals surface area (Å²) in [4.78, 5) is 42.7. The average molecular weight is 450 g/mol. The third kappa shape index (κ3) is 5.72. The standard InChI is InChI=1S/C26H31N3O4/c30-24(19-33-21-11-5-2-6-12-21)28-16-8-17-29(26(32)20-9-3-1-4-10-20)23-14-7-13-22(23)25(31)27-15-18-28/h1-6,9-12,22-23H,7-8,13-19H2,(H,27,31). The molecule has 2 aromatic rings. The van der Waals surface area contributed by atoms with Crippen molar-refractivity contribution in [2.24, 2.45) is 5.92 Å². The van der Waals surface area contributed by atoms with Crippen LogP contribution in [0.25, 0.3) is 0 Å². The molecule has 0 spiro atoms. The van der Waals surface area contributed by atoms with Gasteiger partial charge in [-0.1, -0.05) is 42.8 Å². The summed E-state index contributed by atoms with van der Waals surface area (Å²) in [6, 6.07) is 18.3. The molecule has 0 radical (unpaired) electrons. The van der Waals surface area contributed by atoms with Crippen molar-refractivity contribution in [2.75, 3.05) is 32.8 Å². The van der Waals surface area contributed by atoms with Gasteiger partial charge in [-0.05, 0) is 43.5 Å². The van der Waals surface area contributed by atoms with Crippen molar-refractivity contribution in [2.45, 2.75) is 31.7 Å². The zero-order valence-electron chi connectivity index (χ0n) is 18.8. The predicted octanol–water partition coefficient (Wildman–Crippen LogP) is 2.73. The first-order valence-electron chi connectivity index (χ1n) is 11.7. The Morgan fingerprint density at radius 1 is 0.909 bits per heavy atom. The molecule has 3 amide bonds. The number of fused-ring (bicyclic) bond motifs is 1. The molecule has 4 rings (SSSR count). The number of nitrogens with zero attached hydrogens (tertiary/aromatic N) is 2. The molecule has 1 aliphatic heterocycles. The second-order valence-corrected chi connectivity index (χ2v) is 8.60. The number of benzene rings is 2. The maximum atomic E-state index is 13.4. The molecule has 1 saturated carbocycles. The molecule has 2 aliphatic rings. The largest absolute Gasteiger partial charge is 0.484 e. The molecule has 2 atom stereocenters. The highest BCUT2D eigenvalue weighted by Gasteiger charge is 2.39. The zero-order chi connectivity index (χ0) is 23.0. The molecule has 33 heavy (non-hydrogen) atoms. The minimum absolute atomic E-state index is 0.0294. The highest BCUT2D eigenvalue weighted by Crippen LogP contribution is 2.31. The number of para-hydroxylation sites is 1. The van der Waals surface area contributed by atoms with E-state index in [2.05, 4.69) is 5.32 Å². The van der Waals surface area contributed by atoms with Crippen molar-refractivity contribution < 1.29 is 19.1 Å². The number of rotatable bonds is 4. The number of nitrogens with one attached hydrogen (secondary N) is 1. The molecule has 174 valence electrons. The Hall–Kier alpha value is -3.35. The van der Waals surface area contributed by atoms with Crippen LogP contribution in [0.1, 0.15) is 36.0 Å². The molecular formula is C26H31N3O4. The van der Waals surface area contributed by atoms with E-state index in [9.17, 15) is 14.4 Å². The monoisotopic (exact) mass is 449 g/mol. The zero-order valence-corrected chi connectivity index (χ0v) is 18.8. The van der Waals surface area contributed by atoms with E-state index >= 15 is 0 Å². The molecule has 2 fully saturated rings. The highest BCUT2D eigenvalue weighted by molar-refractivity contribution is 5.95. The van der Waals surface area contributed by atoms with E-state index in [1.165, 1.54) is 0 Å². The summed E-state index contributed by atoms with van der Waals surface area (Å²) < 4.78 is 5.63. The number of carbonyl (C=O) groups excluding carboxylic acids is 3. The summed E-state index contributed by atoms with van der Waals surface area (Å²) in [6.45, 7) is 1.77. The summed E-state index contributed by atoms with van der Waals surface area (Å²) in [7, 11) is 0. The van der Waals surface area contributed by atoms with Gasteiger partial charge >= 0.3 is 0 Å². The van der Waals surface area contributed by atoms with Gasteiger partial charge in [0.15, 0.2) is 6.61 Å². The van der Waals surface area contributed by atoms with Crippen molar-refractivity contribution in [3.63, 3.8) is 0 Å². The Balaban J connectivity index is 1.46. The topological polar surface area (TPSA) is 79.0 Å². The van der Waals surface area contributed by atoms with Crippen LogP contribution in [0, 0.1) is 5.92 Å². The lowest BCUT2D eigenvalue weighted by Gasteiger charge is -2.33. The summed E-state index contributed by atoms with van der Waals surface area (Å²) >= 11 is 0. The lowest BCUT2D eigenvalue weighted by atomic mass is 9.99. The lowest BCUT2D eigenvalue weighted by Crippen LogP contribution is -2.47. The Labute approximate surface area is 194 Å². The molecule has 1 aliphatic carbocycles. The molecule has 1 saturated heterocycles. The van der Waals surface area contributed by atoms with Crippen LogP contribution in [0.15, 0.2) is 60.7 Å². The quantitative estimate of drug-likeness (QED) is 0.779. The fourth-order valence-corrected chi connectivity index (χ4v) is 4.78. The number of ether oxygens (including phenoxy) is 1. The van der Waals surface area contributed by atoms with Crippen LogP contribution in [0.5, 0.6) is 5.75 Å². The summed E-state index contributed by atoms with van der Waals surface area (Å²) in [5.41, 5.74) is 0.627. The van der Waals surface area contributed by atoms with Gasteiger partial charge in [0.25, 0.3) is 11.8 Å². The molecule has 7 heteroatoms. The molecular weight excluding hydrogens is 418 g/mol. The van der Waals surface area contributed by atoms with Gasteiger partial charge in [0.1, 0.15) is 5.75 Å². The summed E-state index contributed by atoms with van der Waals surface area (Å²) in [6.07, 6.45) is 3.18. The molecule has 1 heterocycles. The van der Waals surface area contributed by atoms with Crippen LogP contribution in [0.2, 0.25) is 0 Å². The van der Waals surface area contributed by atoms with E-state index < -0.39 is 0 Å². The van der Waals surface area contributed by atoms with Gasteiger partial charge in [0.05, 0.1) is 5.92 Å². The van der Waals surface area contributed by atoms with Gasteiger partial charge in [-0.25, -0.2) is 0 Å². The van der Waals surface area contributed by atoms with Crippen molar-refractivity contribution >= 4 is 17.7 Å². The van der Waals surface area contributed by atoms with Crippen LogP contribution in [0.3, 0.4) is 0 Å². The van der Waals surface area contributed by atoms with Gasteiger partial charge in [0.2, 0.25) is 5.91 Å². The first kappa shape index (κ1) is 22.8. The summed E-state index contributed by atoms with van der Waals surface area (Å²) in [5.74, 6) is 0.224. The van der Waals surface area contributed by atoms with Gasteiger partial charge in [-0.15, -0.1) is 0 Å². The third-order valence-corrected chi connectivity index (χ3v) is 6.46. The van der Waals surface area contributed by atoms with E-state index in [1.54, 1.807) is 4.90 Å². The molecule has 1 N–H and O–H groups in total. The molecule has 0 aromatic heterocycles. The van der Waals surface area contributed by atoms with Crippen LogP contribution >= 0.6 is 0 Å². The fraction of sp³-hybridized carbons (Fsp3) is 0.423. The second-order valence-electron chi connectivity index (χ2n) is 8.60. The van der Waals surface area contributed by atoms with Crippen LogP contribution < -0.4 is 10.1 Å². The van der Waals surface area contributed by atoms with Crippen molar-refractivity contribution in [3.8, 4) is 5.75 Å². The highest BCUT2D eigenvalue weighted by atomic mass is 16.5. The van der Waals surface area contributed by atoms with E-state index in [1.807, 2.05) is 65.6 Å². The van der Waals surface area contributed by atoms with Crippen molar-refractivity contribution in [1.29, 1.82) is 0 Å². The van der Waals surface area contributed by atoms with Gasteiger partial charge in [0, 0.05) is 37.8 Å². The maximum Gasteiger partial charge on any atom is 0.260 e. The smallest absolute Gasteiger partial charge is 0.260 e. The number of amides is 3. The number of hydrogen-bond acceptors (Lipinski definition) is 4. The maximum absolute atomic E-state index is 13.4. The van der Waals surface area contributed by atoms with Gasteiger partial charge in [-0.3, -0.25) is 14.4 Å². The van der Waals surface area contributed by atoms with E-state index in [-0.39, 0.29) is 36.3 Å². The Kier molecular flexibility index (Phi) is 7.60. The van der Waals surface area contributed by atoms with Crippen LogP contribution in [0.4, 0.5) is 0 Å². The molecule has 2 aromatic carbocycles. The Morgan fingerprint density at radius 3 is 2.39 bits per heavy atom. The van der Waals surface area contributed by atoms with E-state index in [0.717, 1.165) is 19.3 Å². The molecule has 7 nitrogen and oxygen atoms in total. The normalized spacial score (nSPS) is 21.5. The summed E-state index contributed by atoms with van der Waals surface area (Å²) in [5, 5.41) is 3.00. The van der Waals surface area contributed by atoms with Gasteiger partial charge in [-0.2, -0.15) is 0 Å². The average Bonchev–Trinajstić information content (AvgIpc) is 3.33. The minimum Gasteiger partial charge on any atom is -0.484 e. The third-order valence-electron chi connectivity index (χ3n) is 6.46. The molecule has 0 bridgehead atoms.